The molecule has 0 aliphatic heterocycles. The lowest BCUT2D eigenvalue weighted by molar-refractivity contribution is -0.385. The average molecular weight is 432 g/mol. The number of nitrogens with zero attached hydrogens (tertiary/aromatic N) is 3. The maximum atomic E-state index is 13.6. The number of aryl methyl sites for hydroxylation is 2. The van der Waals surface area contributed by atoms with Crippen molar-refractivity contribution in [2.75, 3.05) is 4.90 Å². The third kappa shape index (κ3) is 3.92. The summed E-state index contributed by atoms with van der Waals surface area (Å²) in [6.07, 6.45) is 0. The van der Waals surface area contributed by atoms with Gasteiger partial charge in [-0.25, -0.2) is 4.98 Å². The summed E-state index contributed by atoms with van der Waals surface area (Å²) in [7, 11) is 0. The second-order valence-corrected chi connectivity index (χ2v) is 8.44. The Balaban J connectivity index is 1.84. The summed E-state index contributed by atoms with van der Waals surface area (Å²) >= 11 is 1.45. The number of aromatic nitrogens is 1. The molecule has 0 radical (unpaired) electrons. The first-order valence-corrected chi connectivity index (χ1v) is 10.6. The summed E-state index contributed by atoms with van der Waals surface area (Å²) in [5.41, 5.74) is 4.63. The van der Waals surface area contributed by atoms with Crippen molar-refractivity contribution in [1.82, 2.24) is 4.98 Å². The second kappa shape index (κ2) is 8.28. The number of thiazole rings is 1. The zero-order valence-electron chi connectivity index (χ0n) is 17.5. The molecular weight excluding hydrogens is 410 g/mol. The van der Waals surface area contributed by atoms with Gasteiger partial charge in [-0.2, -0.15) is 0 Å². The van der Waals surface area contributed by atoms with Gasteiger partial charge in [-0.15, -0.1) is 0 Å². The Kier molecular flexibility index (Phi) is 5.52. The van der Waals surface area contributed by atoms with E-state index in [4.69, 9.17) is 4.98 Å². The number of carbonyl (C=O) groups is 1. The largest absolute Gasteiger partial charge is 0.279 e. The van der Waals surface area contributed by atoms with Crippen molar-refractivity contribution in [3.8, 4) is 0 Å². The number of rotatable bonds is 5. The smallest absolute Gasteiger partial charge is 0.273 e. The molecule has 1 heterocycles. The van der Waals surface area contributed by atoms with Crippen molar-refractivity contribution < 1.29 is 9.72 Å². The zero-order valence-corrected chi connectivity index (χ0v) is 18.3. The van der Waals surface area contributed by atoms with E-state index < -0.39 is 4.92 Å². The summed E-state index contributed by atoms with van der Waals surface area (Å²) in [6, 6.07) is 18.3. The normalized spacial score (nSPS) is 10.9. The van der Waals surface area contributed by atoms with E-state index in [0.717, 1.165) is 26.9 Å². The third-order valence-electron chi connectivity index (χ3n) is 5.47. The van der Waals surface area contributed by atoms with Crippen molar-refractivity contribution >= 4 is 38.3 Å². The number of benzene rings is 3. The quantitative estimate of drug-likeness (QED) is 0.288. The molecule has 3 aromatic carbocycles. The fraction of sp³-hybridized carbons (Fsp3) is 0.167. The second-order valence-electron chi connectivity index (χ2n) is 7.43. The molecule has 0 aliphatic carbocycles. The molecule has 0 saturated heterocycles. The van der Waals surface area contributed by atoms with E-state index in [1.807, 2.05) is 56.3 Å². The first-order chi connectivity index (χ1) is 14.9. The lowest BCUT2D eigenvalue weighted by Crippen LogP contribution is -2.31. The number of hydrogen-bond donors (Lipinski definition) is 0. The molecule has 0 bridgehead atoms. The van der Waals surface area contributed by atoms with E-state index in [9.17, 15) is 14.9 Å². The number of carbonyl (C=O) groups excluding carboxylic acids is 1. The predicted molar refractivity (Wildman–Crippen MR) is 124 cm³/mol. The van der Waals surface area contributed by atoms with Crippen LogP contribution in [0.1, 0.15) is 32.6 Å². The van der Waals surface area contributed by atoms with Crippen LogP contribution in [0.15, 0.2) is 60.7 Å². The molecule has 1 amide bonds. The highest BCUT2D eigenvalue weighted by molar-refractivity contribution is 7.22. The van der Waals surface area contributed by atoms with E-state index in [0.29, 0.717) is 22.8 Å². The summed E-state index contributed by atoms with van der Waals surface area (Å²) in [4.78, 5) is 31.0. The van der Waals surface area contributed by atoms with Gasteiger partial charge in [-0.05, 0) is 49.6 Å². The van der Waals surface area contributed by atoms with Gasteiger partial charge in [-0.1, -0.05) is 53.8 Å². The topological polar surface area (TPSA) is 76.3 Å². The lowest BCUT2D eigenvalue weighted by atomic mass is 10.1. The highest BCUT2D eigenvalue weighted by Crippen LogP contribution is 2.34. The van der Waals surface area contributed by atoms with Crippen LogP contribution in [-0.2, 0) is 6.54 Å². The molecule has 31 heavy (non-hydrogen) atoms. The average Bonchev–Trinajstić information content (AvgIpc) is 3.20. The minimum absolute atomic E-state index is 0.0683. The third-order valence-corrected chi connectivity index (χ3v) is 6.51. The van der Waals surface area contributed by atoms with Gasteiger partial charge in [0.2, 0.25) is 0 Å². The van der Waals surface area contributed by atoms with Crippen LogP contribution in [0.4, 0.5) is 10.8 Å². The fourth-order valence-electron chi connectivity index (χ4n) is 3.52. The van der Waals surface area contributed by atoms with Gasteiger partial charge in [0, 0.05) is 17.2 Å². The Hall–Kier alpha value is -3.58. The molecule has 0 saturated carbocycles. The van der Waals surface area contributed by atoms with Crippen LogP contribution in [0, 0.1) is 30.9 Å². The molecule has 156 valence electrons. The van der Waals surface area contributed by atoms with Crippen molar-refractivity contribution in [2.45, 2.75) is 27.3 Å². The summed E-state index contributed by atoms with van der Waals surface area (Å²) in [6.45, 7) is 5.99. The Morgan fingerprint density at radius 2 is 1.74 bits per heavy atom. The van der Waals surface area contributed by atoms with E-state index >= 15 is 0 Å². The molecular formula is C24H21N3O3S. The molecule has 4 rings (SSSR count). The van der Waals surface area contributed by atoms with Gasteiger partial charge in [0.1, 0.15) is 0 Å². The van der Waals surface area contributed by atoms with Gasteiger partial charge in [0.25, 0.3) is 11.6 Å². The van der Waals surface area contributed by atoms with E-state index in [1.54, 1.807) is 24.0 Å². The Morgan fingerprint density at radius 3 is 2.45 bits per heavy atom. The monoisotopic (exact) mass is 431 g/mol. The maximum Gasteiger partial charge on any atom is 0.273 e. The minimum Gasteiger partial charge on any atom is -0.279 e. The van der Waals surface area contributed by atoms with E-state index in [-0.39, 0.29) is 11.6 Å². The van der Waals surface area contributed by atoms with Crippen LogP contribution < -0.4 is 4.90 Å². The SMILES string of the molecule is Cc1ccc2sc(N(Cc3ccccc3)C(=O)c3cccc([N+](=O)[O-])c3C)nc2c1C. The first kappa shape index (κ1) is 20.7. The van der Waals surface area contributed by atoms with Crippen LogP contribution in [0.3, 0.4) is 0 Å². The lowest BCUT2D eigenvalue weighted by Gasteiger charge is -2.21. The highest BCUT2D eigenvalue weighted by atomic mass is 32.1. The number of amides is 1. The Morgan fingerprint density at radius 1 is 1.00 bits per heavy atom. The summed E-state index contributed by atoms with van der Waals surface area (Å²) in [5.74, 6) is -0.307. The standard InChI is InChI=1S/C24H21N3O3S/c1-15-12-13-21-22(16(15)2)25-24(31-21)26(14-18-8-5-4-6-9-18)23(28)19-10-7-11-20(17(19)3)27(29)30/h4-13H,14H2,1-3H3. The van der Waals surface area contributed by atoms with Crippen LogP contribution in [0.5, 0.6) is 0 Å². The van der Waals surface area contributed by atoms with Crippen LogP contribution in [0.2, 0.25) is 0 Å². The molecule has 6 nitrogen and oxygen atoms in total. The molecule has 0 atom stereocenters. The molecule has 0 unspecified atom stereocenters. The molecule has 0 fully saturated rings. The van der Waals surface area contributed by atoms with Gasteiger partial charge in [-0.3, -0.25) is 19.8 Å². The van der Waals surface area contributed by atoms with Gasteiger partial charge in [0.15, 0.2) is 5.13 Å². The molecule has 0 aliphatic rings. The van der Waals surface area contributed by atoms with E-state index in [2.05, 4.69) is 0 Å². The van der Waals surface area contributed by atoms with E-state index in [1.165, 1.54) is 17.4 Å². The van der Waals surface area contributed by atoms with Crippen molar-refractivity contribution in [3.05, 3.63) is 98.6 Å². The molecule has 1 aromatic heterocycles. The minimum atomic E-state index is -0.461. The molecule has 0 spiro atoms. The Labute approximate surface area is 183 Å². The van der Waals surface area contributed by atoms with Crippen molar-refractivity contribution in [2.24, 2.45) is 0 Å². The van der Waals surface area contributed by atoms with Gasteiger partial charge < -0.3 is 0 Å². The van der Waals surface area contributed by atoms with Crippen molar-refractivity contribution in [3.63, 3.8) is 0 Å². The highest BCUT2D eigenvalue weighted by Gasteiger charge is 2.26. The number of fused-ring (bicyclic) bond motifs is 1. The summed E-state index contributed by atoms with van der Waals surface area (Å²) < 4.78 is 1.000. The molecule has 7 heteroatoms. The number of nitro benzene ring substituents is 1. The van der Waals surface area contributed by atoms with Crippen molar-refractivity contribution in [1.29, 1.82) is 0 Å². The van der Waals surface area contributed by atoms with Gasteiger partial charge >= 0.3 is 0 Å². The number of hydrogen-bond acceptors (Lipinski definition) is 5. The molecule has 4 aromatic rings. The van der Waals surface area contributed by atoms with Crippen LogP contribution >= 0.6 is 11.3 Å². The molecule has 0 N–H and O–H groups in total. The van der Waals surface area contributed by atoms with Gasteiger partial charge in [0.05, 0.1) is 21.7 Å². The number of anilines is 1. The fourth-order valence-corrected chi connectivity index (χ4v) is 4.54. The summed E-state index contributed by atoms with van der Waals surface area (Å²) in [5, 5.41) is 12.0. The van der Waals surface area contributed by atoms with Crippen LogP contribution in [-0.4, -0.2) is 15.8 Å². The Bertz CT molecular complexity index is 1300. The maximum absolute atomic E-state index is 13.6. The van der Waals surface area contributed by atoms with Crippen LogP contribution in [0.25, 0.3) is 10.2 Å². The zero-order chi connectivity index (χ0) is 22.1. The first-order valence-electron chi connectivity index (χ1n) is 9.83. The number of nitro groups is 1. The predicted octanol–water partition coefficient (Wildman–Crippen LogP) is 5.98.